The summed E-state index contributed by atoms with van der Waals surface area (Å²) >= 11 is 0. The molecule has 3 rings (SSSR count). The number of hydrogen-bond acceptors (Lipinski definition) is 6. The zero-order valence-corrected chi connectivity index (χ0v) is 16.4. The standard InChI is InChI=1S/C21H25N3O4/c1-26-17-12-19(27-2)18(20(13-17)28-3)14-22-23-21(25)15-6-8-16(9-7-15)24-10-4-5-11-24/h6-9,12-14H,4-5,10-11H2,1-3H3,(H,23,25)/b22-14-. The Labute approximate surface area is 164 Å². The van der Waals surface area contributed by atoms with E-state index in [0.717, 1.165) is 18.8 Å². The predicted octanol–water partition coefficient (Wildman–Crippen LogP) is 3.08. The number of hydrogen-bond donors (Lipinski definition) is 1. The molecule has 1 aliphatic rings. The Morgan fingerprint density at radius 2 is 1.61 bits per heavy atom. The minimum atomic E-state index is -0.282. The highest BCUT2D eigenvalue weighted by Gasteiger charge is 2.14. The summed E-state index contributed by atoms with van der Waals surface area (Å²) in [5, 5.41) is 4.05. The second kappa shape index (κ2) is 9.12. The van der Waals surface area contributed by atoms with Gasteiger partial charge in [-0.05, 0) is 37.1 Å². The van der Waals surface area contributed by atoms with Gasteiger partial charge in [0.15, 0.2) is 0 Å². The van der Waals surface area contributed by atoms with Gasteiger partial charge in [-0.3, -0.25) is 4.79 Å². The summed E-state index contributed by atoms with van der Waals surface area (Å²) in [5.41, 5.74) is 4.84. The van der Waals surface area contributed by atoms with Crippen LogP contribution in [-0.2, 0) is 0 Å². The van der Waals surface area contributed by atoms with Crippen molar-refractivity contribution in [2.45, 2.75) is 12.8 Å². The maximum atomic E-state index is 12.4. The van der Waals surface area contributed by atoms with Gasteiger partial charge in [0.1, 0.15) is 17.2 Å². The smallest absolute Gasteiger partial charge is 0.271 e. The molecule has 2 aromatic rings. The number of hydrazone groups is 1. The first-order valence-corrected chi connectivity index (χ1v) is 9.14. The van der Waals surface area contributed by atoms with Crippen LogP contribution in [0.15, 0.2) is 41.5 Å². The second-order valence-corrected chi connectivity index (χ2v) is 6.39. The van der Waals surface area contributed by atoms with Gasteiger partial charge in [-0.15, -0.1) is 0 Å². The third-order valence-electron chi connectivity index (χ3n) is 4.71. The monoisotopic (exact) mass is 383 g/mol. The molecule has 7 nitrogen and oxygen atoms in total. The van der Waals surface area contributed by atoms with E-state index in [0.29, 0.717) is 28.4 Å². The largest absolute Gasteiger partial charge is 0.496 e. The molecule has 1 fully saturated rings. The van der Waals surface area contributed by atoms with Crippen LogP contribution in [0.3, 0.4) is 0 Å². The molecular formula is C21H25N3O4. The lowest BCUT2D eigenvalue weighted by Crippen LogP contribution is -2.19. The Morgan fingerprint density at radius 1 is 1.00 bits per heavy atom. The van der Waals surface area contributed by atoms with E-state index in [-0.39, 0.29) is 5.91 Å². The van der Waals surface area contributed by atoms with E-state index in [2.05, 4.69) is 15.4 Å². The number of benzene rings is 2. The zero-order valence-electron chi connectivity index (χ0n) is 16.4. The first-order valence-electron chi connectivity index (χ1n) is 9.14. The summed E-state index contributed by atoms with van der Waals surface area (Å²) in [6.07, 6.45) is 3.93. The fourth-order valence-corrected chi connectivity index (χ4v) is 3.18. The van der Waals surface area contributed by atoms with Crippen molar-refractivity contribution in [2.24, 2.45) is 5.10 Å². The highest BCUT2D eigenvalue weighted by Crippen LogP contribution is 2.32. The molecule has 1 N–H and O–H groups in total. The Balaban J connectivity index is 1.69. The van der Waals surface area contributed by atoms with Crippen LogP contribution in [-0.4, -0.2) is 46.5 Å². The summed E-state index contributed by atoms with van der Waals surface area (Å²) in [6, 6.07) is 11.0. The normalized spacial score (nSPS) is 13.6. The van der Waals surface area contributed by atoms with Crippen molar-refractivity contribution in [3.8, 4) is 17.2 Å². The molecule has 0 atom stereocenters. The van der Waals surface area contributed by atoms with Crippen LogP contribution < -0.4 is 24.5 Å². The minimum Gasteiger partial charge on any atom is -0.496 e. The molecule has 28 heavy (non-hydrogen) atoms. The molecule has 0 spiro atoms. The number of nitrogens with zero attached hydrogens (tertiary/aromatic N) is 2. The first-order chi connectivity index (χ1) is 13.7. The van der Waals surface area contributed by atoms with Crippen molar-refractivity contribution >= 4 is 17.8 Å². The van der Waals surface area contributed by atoms with E-state index in [1.165, 1.54) is 19.1 Å². The molecule has 148 valence electrons. The molecule has 0 bridgehead atoms. The molecule has 1 heterocycles. The maximum Gasteiger partial charge on any atom is 0.271 e. The third kappa shape index (κ3) is 4.36. The molecule has 0 aromatic heterocycles. The topological polar surface area (TPSA) is 72.4 Å². The van der Waals surface area contributed by atoms with E-state index in [4.69, 9.17) is 14.2 Å². The minimum absolute atomic E-state index is 0.282. The Kier molecular flexibility index (Phi) is 6.37. The van der Waals surface area contributed by atoms with Gasteiger partial charge in [-0.25, -0.2) is 5.43 Å². The van der Waals surface area contributed by atoms with Crippen LogP contribution in [0.2, 0.25) is 0 Å². The molecule has 0 aliphatic carbocycles. The number of amides is 1. The van der Waals surface area contributed by atoms with Gasteiger partial charge in [0, 0.05) is 36.5 Å². The number of rotatable bonds is 7. The van der Waals surface area contributed by atoms with Gasteiger partial charge < -0.3 is 19.1 Å². The van der Waals surface area contributed by atoms with E-state index in [1.54, 1.807) is 33.5 Å². The van der Waals surface area contributed by atoms with Crippen LogP contribution >= 0.6 is 0 Å². The summed E-state index contributed by atoms with van der Waals surface area (Å²) in [6.45, 7) is 2.14. The summed E-state index contributed by atoms with van der Waals surface area (Å²) in [7, 11) is 4.66. The molecule has 0 saturated carbocycles. The van der Waals surface area contributed by atoms with Crippen molar-refractivity contribution in [2.75, 3.05) is 39.3 Å². The number of carbonyl (C=O) groups is 1. The van der Waals surface area contributed by atoms with Gasteiger partial charge in [0.05, 0.1) is 33.1 Å². The van der Waals surface area contributed by atoms with Crippen molar-refractivity contribution < 1.29 is 19.0 Å². The number of anilines is 1. The lowest BCUT2D eigenvalue weighted by atomic mass is 10.2. The number of nitrogens with one attached hydrogen (secondary N) is 1. The van der Waals surface area contributed by atoms with Crippen LogP contribution in [0, 0.1) is 0 Å². The van der Waals surface area contributed by atoms with E-state index in [1.807, 2.05) is 24.3 Å². The van der Waals surface area contributed by atoms with Crippen molar-refractivity contribution in [3.63, 3.8) is 0 Å². The zero-order chi connectivity index (χ0) is 19.9. The maximum absolute atomic E-state index is 12.4. The average Bonchev–Trinajstić information content (AvgIpc) is 3.28. The fraction of sp³-hybridized carbons (Fsp3) is 0.333. The molecule has 1 amide bonds. The van der Waals surface area contributed by atoms with Crippen molar-refractivity contribution in [3.05, 3.63) is 47.5 Å². The van der Waals surface area contributed by atoms with Gasteiger partial charge >= 0.3 is 0 Å². The molecule has 1 saturated heterocycles. The highest BCUT2D eigenvalue weighted by atomic mass is 16.5. The quantitative estimate of drug-likeness (QED) is 0.588. The predicted molar refractivity (Wildman–Crippen MR) is 109 cm³/mol. The lowest BCUT2D eigenvalue weighted by molar-refractivity contribution is 0.0955. The molecule has 0 radical (unpaired) electrons. The molecule has 2 aromatic carbocycles. The second-order valence-electron chi connectivity index (χ2n) is 6.39. The van der Waals surface area contributed by atoms with E-state index < -0.39 is 0 Å². The SMILES string of the molecule is COc1cc(OC)c(/C=N\NC(=O)c2ccc(N3CCCC3)cc2)c(OC)c1. The summed E-state index contributed by atoms with van der Waals surface area (Å²) < 4.78 is 16.0. The lowest BCUT2D eigenvalue weighted by Gasteiger charge is -2.17. The van der Waals surface area contributed by atoms with Crippen LogP contribution in [0.5, 0.6) is 17.2 Å². The molecule has 0 unspecified atom stereocenters. The van der Waals surface area contributed by atoms with Gasteiger partial charge in [-0.1, -0.05) is 0 Å². The van der Waals surface area contributed by atoms with Crippen molar-refractivity contribution in [1.29, 1.82) is 0 Å². The Morgan fingerprint density at radius 3 is 2.14 bits per heavy atom. The van der Waals surface area contributed by atoms with Gasteiger partial charge in [0.2, 0.25) is 0 Å². The number of carbonyl (C=O) groups excluding carboxylic acids is 1. The number of ether oxygens (including phenoxy) is 3. The molecule has 1 aliphatic heterocycles. The Hall–Kier alpha value is -3.22. The van der Waals surface area contributed by atoms with Crippen LogP contribution in [0.4, 0.5) is 5.69 Å². The van der Waals surface area contributed by atoms with Crippen molar-refractivity contribution in [1.82, 2.24) is 5.43 Å². The number of methoxy groups -OCH3 is 3. The van der Waals surface area contributed by atoms with E-state index >= 15 is 0 Å². The Bertz CT molecular complexity index is 818. The van der Waals surface area contributed by atoms with Crippen LogP contribution in [0.25, 0.3) is 0 Å². The van der Waals surface area contributed by atoms with Gasteiger partial charge in [-0.2, -0.15) is 5.10 Å². The molecule has 7 heteroatoms. The highest BCUT2D eigenvalue weighted by molar-refractivity contribution is 5.96. The third-order valence-corrected chi connectivity index (χ3v) is 4.71. The van der Waals surface area contributed by atoms with Gasteiger partial charge in [0.25, 0.3) is 5.91 Å². The summed E-state index contributed by atoms with van der Waals surface area (Å²) in [4.78, 5) is 14.7. The summed E-state index contributed by atoms with van der Waals surface area (Å²) in [5.74, 6) is 1.39. The average molecular weight is 383 g/mol. The molecular weight excluding hydrogens is 358 g/mol. The fourth-order valence-electron chi connectivity index (χ4n) is 3.18. The van der Waals surface area contributed by atoms with E-state index in [9.17, 15) is 4.79 Å². The first kappa shape index (κ1) is 19.5. The van der Waals surface area contributed by atoms with Crippen LogP contribution in [0.1, 0.15) is 28.8 Å².